The zero-order valence-corrected chi connectivity index (χ0v) is 24.7. The third-order valence-electron chi connectivity index (χ3n) is 7.41. The lowest BCUT2D eigenvalue weighted by molar-refractivity contribution is 0.0525. The molecule has 0 radical (unpaired) electrons. The Kier molecular flexibility index (Phi) is 7.57. The van der Waals surface area contributed by atoms with Crippen molar-refractivity contribution in [3.05, 3.63) is 118 Å². The number of fused-ring (bicyclic) bond motifs is 2. The largest absolute Gasteiger partial charge is 0.478 e. The molecule has 0 fully saturated rings. The second-order valence-corrected chi connectivity index (χ2v) is 10.5. The van der Waals surface area contributed by atoms with E-state index in [1.165, 1.54) is 0 Å². The van der Waals surface area contributed by atoms with Gasteiger partial charge in [0.15, 0.2) is 0 Å². The zero-order valence-electron chi connectivity index (χ0n) is 24.7. The summed E-state index contributed by atoms with van der Waals surface area (Å²) in [7, 11) is 0. The maximum absolute atomic E-state index is 13.2. The van der Waals surface area contributed by atoms with E-state index in [-0.39, 0.29) is 12.2 Å². The number of carbonyl (C=O) groups is 2. The molecule has 0 atom stereocenters. The Balaban J connectivity index is 1.29. The molecule has 2 heterocycles. The van der Waals surface area contributed by atoms with Crippen molar-refractivity contribution in [2.24, 2.45) is 0 Å². The van der Waals surface area contributed by atoms with Gasteiger partial charge in [0, 0.05) is 17.2 Å². The highest BCUT2D eigenvalue weighted by Crippen LogP contribution is 2.36. The van der Waals surface area contributed by atoms with E-state index < -0.39 is 11.9 Å². The van der Waals surface area contributed by atoms with Crippen LogP contribution < -0.4 is 9.47 Å². The van der Waals surface area contributed by atoms with Gasteiger partial charge in [0.1, 0.15) is 56.8 Å². The van der Waals surface area contributed by atoms with Crippen LogP contribution in [0.5, 0.6) is 23.0 Å². The molecular weight excluding hydrogens is 560 g/mol. The summed E-state index contributed by atoms with van der Waals surface area (Å²) in [6.07, 6.45) is 0.347. The zero-order chi connectivity index (χ0) is 31.0. The fraction of sp³-hybridized carbons (Fsp3) is 0.167. The molecule has 44 heavy (non-hydrogen) atoms. The predicted octanol–water partition coefficient (Wildman–Crippen LogP) is 9.15. The summed E-state index contributed by atoms with van der Waals surface area (Å²) < 4.78 is 29.4. The van der Waals surface area contributed by atoms with Crippen LogP contribution >= 0.6 is 0 Å². The van der Waals surface area contributed by atoms with Crippen molar-refractivity contribution in [1.82, 2.24) is 0 Å². The molecule has 0 unspecified atom stereocenters. The number of aryl methyl sites for hydroxylation is 3. The molecule has 6 aromatic rings. The molecule has 0 aliphatic rings. The van der Waals surface area contributed by atoms with Gasteiger partial charge in [-0.05, 0) is 92.9 Å². The Morgan fingerprint density at radius 1 is 0.727 bits per heavy atom. The molecule has 4 aromatic carbocycles. The molecule has 222 valence electrons. The minimum Gasteiger partial charge on any atom is -0.478 e. The summed E-state index contributed by atoms with van der Waals surface area (Å²) in [4.78, 5) is 24.9. The lowest BCUT2D eigenvalue weighted by Gasteiger charge is -2.11. The first kappa shape index (κ1) is 28.6. The van der Waals surface area contributed by atoms with Crippen LogP contribution in [0.25, 0.3) is 21.9 Å². The summed E-state index contributed by atoms with van der Waals surface area (Å²) in [5.41, 5.74) is 4.29. The molecule has 0 saturated carbocycles. The fourth-order valence-corrected chi connectivity index (χ4v) is 5.32. The summed E-state index contributed by atoms with van der Waals surface area (Å²) in [5, 5.41) is 10.7. The van der Waals surface area contributed by atoms with Gasteiger partial charge in [-0.25, -0.2) is 9.59 Å². The first-order valence-corrected chi connectivity index (χ1v) is 14.2. The highest BCUT2D eigenvalue weighted by Gasteiger charge is 2.24. The van der Waals surface area contributed by atoms with Crippen LogP contribution in [-0.4, -0.2) is 23.7 Å². The van der Waals surface area contributed by atoms with E-state index in [2.05, 4.69) is 0 Å². The maximum Gasteiger partial charge on any atom is 0.342 e. The SMILES string of the molecule is CCOC(=O)c1c(Cc2ccc(Oc3ccc4oc(C)c(C(=O)O)c4c3)c(C)c2)oc2ccc(Oc3ccccc3C)cc12. The molecule has 0 bridgehead atoms. The van der Waals surface area contributed by atoms with Gasteiger partial charge >= 0.3 is 11.9 Å². The van der Waals surface area contributed by atoms with Crippen molar-refractivity contribution >= 4 is 33.9 Å². The standard InChI is InChI=1S/C36H30O8/c1-5-40-36(39)34-27-19-25(42-28-9-7-6-8-20(28)2)12-15-31(27)44-32(34)17-23-10-13-29(21(3)16-23)43-24-11-14-30-26(18-24)33(35(37)38)22(4)41-30/h6-16,18-19H,5,17H2,1-4H3,(H,37,38). The highest BCUT2D eigenvalue weighted by molar-refractivity contribution is 6.05. The van der Waals surface area contributed by atoms with E-state index in [0.717, 1.165) is 22.4 Å². The predicted molar refractivity (Wildman–Crippen MR) is 165 cm³/mol. The van der Waals surface area contributed by atoms with Crippen LogP contribution in [0.4, 0.5) is 0 Å². The van der Waals surface area contributed by atoms with Crippen molar-refractivity contribution in [3.63, 3.8) is 0 Å². The Morgan fingerprint density at radius 3 is 2.00 bits per heavy atom. The van der Waals surface area contributed by atoms with E-state index in [1.54, 1.807) is 44.2 Å². The molecule has 0 amide bonds. The Hall–Kier alpha value is -5.50. The first-order chi connectivity index (χ1) is 21.2. The topological polar surface area (TPSA) is 108 Å². The second-order valence-electron chi connectivity index (χ2n) is 10.5. The summed E-state index contributed by atoms with van der Waals surface area (Å²) in [6.45, 7) is 7.51. The van der Waals surface area contributed by atoms with Gasteiger partial charge < -0.3 is 28.2 Å². The van der Waals surface area contributed by atoms with Crippen LogP contribution in [0, 0.1) is 20.8 Å². The van der Waals surface area contributed by atoms with Crippen LogP contribution in [0.1, 0.15) is 55.9 Å². The number of ether oxygens (including phenoxy) is 3. The van der Waals surface area contributed by atoms with Gasteiger partial charge in [0.05, 0.1) is 6.61 Å². The molecule has 8 heteroatoms. The van der Waals surface area contributed by atoms with Crippen molar-refractivity contribution < 1.29 is 37.7 Å². The molecule has 0 spiro atoms. The number of carbonyl (C=O) groups excluding carboxylic acids is 1. The number of carboxylic acids is 1. The average Bonchev–Trinajstić information content (AvgIpc) is 3.51. The summed E-state index contributed by atoms with van der Waals surface area (Å²) >= 11 is 0. The molecule has 8 nitrogen and oxygen atoms in total. The number of furan rings is 2. The van der Waals surface area contributed by atoms with Gasteiger partial charge in [-0.2, -0.15) is 0 Å². The average molecular weight is 591 g/mol. The number of hydrogen-bond acceptors (Lipinski definition) is 7. The smallest absolute Gasteiger partial charge is 0.342 e. The Bertz CT molecular complexity index is 2050. The van der Waals surface area contributed by atoms with Gasteiger partial charge in [-0.15, -0.1) is 0 Å². The fourth-order valence-electron chi connectivity index (χ4n) is 5.32. The molecule has 2 aromatic heterocycles. The number of esters is 1. The molecule has 6 rings (SSSR count). The van der Waals surface area contributed by atoms with Crippen LogP contribution in [0.3, 0.4) is 0 Å². The van der Waals surface area contributed by atoms with Crippen molar-refractivity contribution in [3.8, 4) is 23.0 Å². The van der Waals surface area contributed by atoms with E-state index in [9.17, 15) is 14.7 Å². The van der Waals surface area contributed by atoms with E-state index in [1.807, 2.05) is 62.4 Å². The van der Waals surface area contributed by atoms with Gasteiger partial charge in [-0.1, -0.05) is 30.3 Å². The van der Waals surface area contributed by atoms with Crippen LogP contribution in [0.2, 0.25) is 0 Å². The van der Waals surface area contributed by atoms with Gasteiger partial charge in [-0.3, -0.25) is 0 Å². The summed E-state index contributed by atoms with van der Waals surface area (Å²) in [6, 6.07) is 24.0. The Labute approximate surface area is 253 Å². The number of para-hydroxylation sites is 1. The number of carboxylic acid groups (broad SMARTS) is 1. The molecule has 0 aliphatic carbocycles. The van der Waals surface area contributed by atoms with Gasteiger partial charge in [0.25, 0.3) is 0 Å². The molecule has 0 saturated heterocycles. The normalized spacial score (nSPS) is 11.2. The number of rotatable bonds is 9. The first-order valence-electron chi connectivity index (χ1n) is 14.2. The third kappa shape index (κ3) is 5.49. The number of benzene rings is 4. The quantitative estimate of drug-likeness (QED) is 0.166. The van der Waals surface area contributed by atoms with E-state index in [0.29, 0.717) is 62.7 Å². The van der Waals surface area contributed by atoms with Crippen LogP contribution in [-0.2, 0) is 11.2 Å². The highest BCUT2D eigenvalue weighted by atomic mass is 16.5. The molecular formula is C36H30O8. The molecule has 1 N–H and O–H groups in total. The minimum absolute atomic E-state index is 0.120. The number of hydrogen-bond donors (Lipinski definition) is 1. The minimum atomic E-state index is -1.05. The second kappa shape index (κ2) is 11.6. The van der Waals surface area contributed by atoms with Gasteiger partial charge in [0.2, 0.25) is 0 Å². The van der Waals surface area contributed by atoms with Crippen molar-refractivity contribution in [1.29, 1.82) is 0 Å². The lowest BCUT2D eigenvalue weighted by atomic mass is 10.0. The van der Waals surface area contributed by atoms with Crippen LogP contribution in [0.15, 0.2) is 87.7 Å². The molecule has 0 aliphatic heterocycles. The third-order valence-corrected chi connectivity index (χ3v) is 7.41. The van der Waals surface area contributed by atoms with Crippen molar-refractivity contribution in [2.75, 3.05) is 6.61 Å². The lowest BCUT2D eigenvalue weighted by Crippen LogP contribution is -2.07. The van der Waals surface area contributed by atoms with Crippen molar-refractivity contribution in [2.45, 2.75) is 34.1 Å². The number of aromatic carboxylic acids is 1. The monoisotopic (exact) mass is 590 g/mol. The van der Waals surface area contributed by atoms with E-state index in [4.69, 9.17) is 23.0 Å². The summed E-state index contributed by atoms with van der Waals surface area (Å²) in [5.74, 6) is 1.72. The maximum atomic E-state index is 13.2. The van der Waals surface area contributed by atoms with E-state index >= 15 is 0 Å². The Morgan fingerprint density at radius 2 is 1.36 bits per heavy atom.